The maximum absolute atomic E-state index is 12.3. The molecule has 0 N–H and O–H groups in total. The monoisotopic (exact) mass is 387 g/mol. The van der Waals surface area contributed by atoms with Gasteiger partial charge in [0.1, 0.15) is 17.5 Å². The Bertz CT molecular complexity index is 839. The second-order valence-electron chi connectivity index (χ2n) is 6.32. The molecule has 1 aromatic carbocycles. The van der Waals surface area contributed by atoms with Crippen molar-refractivity contribution in [3.05, 3.63) is 46.1 Å². The molecule has 0 bridgehead atoms. The largest absolute Gasteiger partial charge is 0.573 e. The topological polar surface area (TPSA) is 88.7 Å². The molecule has 2 aromatic rings. The van der Waals surface area contributed by atoms with Crippen LogP contribution in [0.5, 0.6) is 11.8 Å². The maximum Gasteiger partial charge on any atom is 0.573 e. The molecule has 146 valence electrons. The highest BCUT2D eigenvalue weighted by Gasteiger charge is 2.37. The van der Waals surface area contributed by atoms with Crippen LogP contribution < -0.4 is 9.47 Å². The molecule has 1 aliphatic heterocycles. The van der Waals surface area contributed by atoms with Crippen LogP contribution in [0, 0.1) is 10.1 Å². The first kappa shape index (κ1) is 19.0. The van der Waals surface area contributed by atoms with Gasteiger partial charge < -0.3 is 24.3 Å². The highest BCUT2D eigenvalue weighted by atomic mass is 19.4. The van der Waals surface area contributed by atoms with Crippen molar-refractivity contribution >= 4 is 5.82 Å². The van der Waals surface area contributed by atoms with Crippen molar-refractivity contribution in [3.8, 4) is 11.8 Å². The van der Waals surface area contributed by atoms with Gasteiger partial charge in [0.15, 0.2) is 0 Å². The Labute approximate surface area is 151 Å². The van der Waals surface area contributed by atoms with E-state index in [0.717, 1.165) is 0 Å². The van der Waals surface area contributed by atoms with E-state index in [0.29, 0.717) is 18.5 Å². The molecule has 1 atom stereocenters. The molecule has 1 aliphatic rings. The van der Waals surface area contributed by atoms with Crippen molar-refractivity contribution in [3.63, 3.8) is 0 Å². The minimum atomic E-state index is -4.76. The van der Waals surface area contributed by atoms with E-state index in [-0.39, 0.29) is 30.8 Å². The second kappa shape index (κ2) is 7.06. The van der Waals surface area contributed by atoms with E-state index in [9.17, 15) is 23.3 Å². The zero-order valence-corrected chi connectivity index (χ0v) is 14.2. The maximum atomic E-state index is 12.3. The normalized spacial score (nSPS) is 19.3. The smallest absolute Gasteiger partial charge is 0.437 e. The van der Waals surface area contributed by atoms with Crippen LogP contribution in [0.1, 0.15) is 18.9 Å². The number of alkyl halides is 3. The molecule has 27 heavy (non-hydrogen) atoms. The number of halogens is 3. The van der Waals surface area contributed by atoms with E-state index < -0.39 is 16.9 Å². The summed E-state index contributed by atoms with van der Waals surface area (Å²) in [6.07, 6.45) is -2.92. The van der Waals surface area contributed by atoms with Crippen LogP contribution in [0.2, 0.25) is 0 Å². The van der Waals surface area contributed by atoms with Crippen molar-refractivity contribution in [2.24, 2.45) is 0 Å². The van der Waals surface area contributed by atoms with E-state index in [1.165, 1.54) is 24.4 Å². The van der Waals surface area contributed by atoms with Crippen molar-refractivity contribution in [1.82, 2.24) is 9.55 Å². The number of imidazole rings is 1. The van der Waals surface area contributed by atoms with E-state index in [1.54, 1.807) is 17.6 Å². The summed E-state index contributed by atoms with van der Waals surface area (Å²) >= 11 is 0. The van der Waals surface area contributed by atoms with Gasteiger partial charge >= 0.3 is 18.2 Å². The van der Waals surface area contributed by atoms with Gasteiger partial charge in [-0.15, -0.1) is 13.2 Å². The van der Waals surface area contributed by atoms with Gasteiger partial charge in [-0.05, 0) is 29.5 Å². The molecule has 0 fully saturated rings. The van der Waals surface area contributed by atoms with Crippen LogP contribution >= 0.6 is 0 Å². The summed E-state index contributed by atoms with van der Waals surface area (Å²) in [7, 11) is 0. The molecule has 3 rings (SSSR count). The molecular formula is C16H16F3N3O5. The summed E-state index contributed by atoms with van der Waals surface area (Å²) < 4.78 is 53.6. The quantitative estimate of drug-likeness (QED) is 0.557. The third-order valence-corrected chi connectivity index (χ3v) is 3.94. The Morgan fingerprint density at radius 3 is 2.93 bits per heavy atom. The SMILES string of the molecule is CC1(COCc2cccc(OC(F)(F)F)c2)CCn2cc([N+](=O)[O-])nc2O1. The van der Waals surface area contributed by atoms with E-state index in [4.69, 9.17) is 9.47 Å². The zero-order valence-electron chi connectivity index (χ0n) is 14.2. The van der Waals surface area contributed by atoms with Crippen molar-refractivity contribution < 1.29 is 32.3 Å². The standard InChI is InChI=1S/C16H16F3N3O5/c1-15(5-6-21-8-13(22(23)24)20-14(21)27-15)10-25-9-11-3-2-4-12(7-11)26-16(17,18)19/h2-4,7-8H,5-6,9-10H2,1H3. The Hall–Kier alpha value is -2.82. The number of nitrogens with zero attached hydrogens (tertiary/aromatic N) is 3. The molecule has 8 nitrogen and oxygen atoms in total. The van der Waals surface area contributed by atoms with Crippen LogP contribution in [0.3, 0.4) is 0 Å². The number of fused-ring (bicyclic) bond motifs is 1. The predicted octanol–water partition coefficient (Wildman–Crippen LogP) is 3.45. The molecule has 0 radical (unpaired) electrons. The van der Waals surface area contributed by atoms with Gasteiger partial charge in [0, 0.05) is 17.9 Å². The van der Waals surface area contributed by atoms with Crippen LogP contribution in [0.15, 0.2) is 30.5 Å². The molecule has 2 heterocycles. The molecule has 0 saturated heterocycles. The molecule has 0 saturated carbocycles. The first-order valence-corrected chi connectivity index (χ1v) is 7.97. The number of aryl methyl sites for hydroxylation is 1. The Kier molecular flexibility index (Phi) is 4.96. The second-order valence-corrected chi connectivity index (χ2v) is 6.32. The summed E-state index contributed by atoms with van der Waals surface area (Å²) in [6.45, 7) is 2.45. The molecule has 11 heteroatoms. The zero-order chi connectivity index (χ0) is 19.7. The number of ether oxygens (including phenoxy) is 3. The van der Waals surface area contributed by atoms with Gasteiger partial charge in [-0.3, -0.25) is 4.57 Å². The third kappa shape index (κ3) is 4.88. The molecule has 0 amide bonds. The number of benzene rings is 1. The Morgan fingerprint density at radius 2 is 2.22 bits per heavy atom. The minimum absolute atomic E-state index is 0.0581. The lowest BCUT2D eigenvalue weighted by atomic mass is 10.0. The number of aromatic nitrogens is 2. The van der Waals surface area contributed by atoms with Crippen LogP contribution in [-0.2, 0) is 17.9 Å². The van der Waals surface area contributed by atoms with E-state index in [1.807, 2.05) is 0 Å². The fourth-order valence-electron chi connectivity index (χ4n) is 2.66. The molecule has 0 aliphatic carbocycles. The highest BCUT2D eigenvalue weighted by molar-refractivity contribution is 5.28. The summed E-state index contributed by atoms with van der Waals surface area (Å²) in [6, 6.07) is 5.64. The molecular weight excluding hydrogens is 371 g/mol. The Morgan fingerprint density at radius 1 is 1.44 bits per heavy atom. The average molecular weight is 387 g/mol. The first-order chi connectivity index (χ1) is 12.6. The average Bonchev–Trinajstić information content (AvgIpc) is 2.96. The fraction of sp³-hybridized carbons (Fsp3) is 0.438. The number of nitro groups is 1. The van der Waals surface area contributed by atoms with Gasteiger partial charge in [0.25, 0.3) is 0 Å². The van der Waals surface area contributed by atoms with Gasteiger partial charge in [-0.2, -0.15) is 0 Å². The number of hydrogen-bond donors (Lipinski definition) is 0. The summed E-state index contributed by atoms with van der Waals surface area (Å²) in [5.74, 6) is -0.616. The molecule has 1 unspecified atom stereocenters. The lowest BCUT2D eigenvalue weighted by Gasteiger charge is -2.32. The van der Waals surface area contributed by atoms with Crippen molar-refractivity contribution in [2.75, 3.05) is 6.61 Å². The van der Waals surface area contributed by atoms with Crippen LogP contribution in [0.4, 0.5) is 19.0 Å². The summed E-state index contributed by atoms with van der Waals surface area (Å²) in [4.78, 5) is 14.0. The van der Waals surface area contributed by atoms with Crippen molar-refractivity contribution in [1.29, 1.82) is 0 Å². The van der Waals surface area contributed by atoms with Gasteiger partial charge in [0.05, 0.1) is 13.2 Å². The predicted molar refractivity (Wildman–Crippen MR) is 85.3 cm³/mol. The fourth-order valence-corrected chi connectivity index (χ4v) is 2.66. The number of hydrogen-bond acceptors (Lipinski definition) is 6. The lowest BCUT2D eigenvalue weighted by molar-refractivity contribution is -0.389. The lowest BCUT2D eigenvalue weighted by Crippen LogP contribution is -2.42. The Balaban J connectivity index is 1.57. The summed E-state index contributed by atoms with van der Waals surface area (Å²) in [5, 5.41) is 10.8. The van der Waals surface area contributed by atoms with E-state index >= 15 is 0 Å². The van der Waals surface area contributed by atoms with E-state index in [2.05, 4.69) is 9.72 Å². The van der Waals surface area contributed by atoms with Crippen LogP contribution in [0.25, 0.3) is 0 Å². The highest BCUT2D eigenvalue weighted by Crippen LogP contribution is 2.30. The first-order valence-electron chi connectivity index (χ1n) is 7.97. The number of rotatable bonds is 6. The van der Waals surface area contributed by atoms with Crippen molar-refractivity contribution in [2.45, 2.75) is 38.5 Å². The third-order valence-electron chi connectivity index (χ3n) is 3.94. The molecule has 0 spiro atoms. The molecule has 1 aromatic heterocycles. The minimum Gasteiger partial charge on any atom is -0.437 e. The van der Waals surface area contributed by atoms with Gasteiger partial charge in [0.2, 0.25) is 0 Å². The van der Waals surface area contributed by atoms with Gasteiger partial charge in [-0.1, -0.05) is 12.1 Å². The summed E-state index contributed by atoms with van der Waals surface area (Å²) in [5.41, 5.74) is -0.247. The van der Waals surface area contributed by atoms with Gasteiger partial charge in [-0.25, -0.2) is 0 Å². The van der Waals surface area contributed by atoms with Crippen LogP contribution in [-0.4, -0.2) is 33.0 Å².